The lowest BCUT2D eigenvalue weighted by atomic mass is 9.82. The second kappa shape index (κ2) is 10.7. The van der Waals surface area contributed by atoms with Gasteiger partial charge in [-0.15, -0.1) is 0 Å². The van der Waals surface area contributed by atoms with Crippen LogP contribution in [0, 0.1) is 0 Å². The molecule has 0 spiro atoms. The Morgan fingerprint density at radius 3 is 2.75 bits per heavy atom. The lowest BCUT2D eigenvalue weighted by Gasteiger charge is -2.36. The normalized spacial score (nSPS) is 19.7. The van der Waals surface area contributed by atoms with Crippen LogP contribution < -0.4 is 10.6 Å². The third-order valence-corrected chi connectivity index (χ3v) is 7.69. The quantitative estimate of drug-likeness (QED) is 0.520. The number of aromatic nitrogens is 2. The van der Waals surface area contributed by atoms with Crippen LogP contribution in [0.4, 0.5) is 5.95 Å². The molecule has 9 nitrogen and oxygen atoms in total. The maximum atomic E-state index is 13.2. The van der Waals surface area contributed by atoms with E-state index in [-0.39, 0.29) is 31.0 Å². The Bertz CT molecular complexity index is 1130. The average Bonchev–Trinajstić information content (AvgIpc) is 3.20. The molecule has 1 saturated carbocycles. The van der Waals surface area contributed by atoms with E-state index < -0.39 is 5.54 Å². The second-order valence-corrected chi connectivity index (χ2v) is 10.4. The number of hydrogen-bond acceptors (Lipinski definition) is 7. The SMILES string of the molecule is O=C(CN1Cc2ccc(-c3nc(NC4CCOCC4)ncc3Cl)cc2C1=O)NC1(CO)CCCCC1. The van der Waals surface area contributed by atoms with E-state index in [1.807, 2.05) is 12.1 Å². The Hall–Kier alpha value is -2.75. The second-order valence-electron chi connectivity index (χ2n) is 10.0. The molecule has 192 valence electrons. The molecule has 2 amide bonds. The van der Waals surface area contributed by atoms with Gasteiger partial charge in [-0.3, -0.25) is 9.59 Å². The molecule has 5 rings (SSSR count). The minimum Gasteiger partial charge on any atom is -0.394 e. The summed E-state index contributed by atoms with van der Waals surface area (Å²) in [4.78, 5) is 36.5. The lowest BCUT2D eigenvalue weighted by Crippen LogP contribution is -2.54. The summed E-state index contributed by atoms with van der Waals surface area (Å²) in [6, 6.07) is 5.82. The fraction of sp³-hybridized carbons (Fsp3) is 0.538. The van der Waals surface area contributed by atoms with Gasteiger partial charge in [-0.2, -0.15) is 0 Å². The lowest BCUT2D eigenvalue weighted by molar-refractivity contribution is -0.124. The summed E-state index contributed by atoms with van der Waals surface area (Å²) in [6.45, 7) is 1.66. The van der Waals surface area contributed by atoms with E-state index in [9.17, 15) is 14.7 Å². The summed E-state index contributed by atoms with van der Waals surface area (Å²) in [5, 5.41) is 16.6. The van der Waals surface area contributed by atoms with Gasteiger partial charge in [-0.05, 0) is 37.3 Å². The van der Waals surface area contributed by atoms with Crippen molar-refractivity contribution >= 4 is 29.4 Å². The molecule has 2 aliphatic heterocycles. The van der Waals surface area contributed by atoms with Crippen LogP contribution in [0.3, 0.4) is 0 Å². The highest BCUT2D eigenvalue weighted by molar-refractivity contribution is 6.33. The van der Waals surface area contributed by atoms with E-state index >= 15 is 0 Å². The van der Waals surface area contributed by atoms with Crippen molar-refractivity contribution in [3.63, 3.8) is 0 Å². The highest BCUT2D eigenvalue weighted by atomic mass is 35.5. The van der Waals surface area contributed by atoms with Gasteiger partial charge in [0, 0.05) is 36.9 Å². The fourth-order valence-electron chi connectivity index (χ4n) is 5.36. The van der Waals surface area contributed by atoms with Crippen LogP contribution in [0.2, 0.25) is 5.02 Å². The van der Waals surface area contributed by atoms with E-state index in [1.54, 1.807) is 12.3 Å². The molecule has 1 aromatic carbocycles. The van der Waals surface area contributed by atoms with Crippen molar-refractivity contribution < 1.29 is 19.4 Å². The number of anilines is 1. The van der Waals surface area contributed by atoms with Gasteiger partial charge in [0.05, 0.1) is 29.1 Å². The highest BCUT2D eigenvalue weighted by Crippen LogP contribution is 2.32. The van der Waals surface area contributed by atoms with Crippen molar-refractivity contribution in [2.24, 2.45) is 0 Å². The van der Waals surface area contributed by atoms with Crippen molar-refractivity contribution in [2.75, 3.05) is 31.7 Å². The first-order valence-electron chi connectivity index (χ1n) is 12.7. The van der Waals surface area contributed by atoms with E-state index in [0.717, 1.165) is 56.1 Å². The Morgan fingerprint density at radius 1 is 1.22 bits per heavy atom. The number of fused-ring (bicyclic) bond motifs is 1. The summed E-state index contributed by atoms with van der Waals surface area (Å²) in [5.41, 5.74) is 2.10. The van der Waals surface area contributed by atoms with Gasteiger partial charge in [-0.25, -0.2) is 9.97 Å². The van der Waals surface area contributed by atoms with Crippen LogP contribution in [-0.4, -0.2) is 69.7 Å². The summed E-state index contributed by atoms with van der Waals surface area (Å²) in [7, 11) is 0. The number of ether oxygens (including phenoxy) is 1. The molecule has 2 aromatic rings. The van der Waals surface area contributed by atoms with Gasteiger partial charge in [0.2, 0.25) is 11.9 Å². The number of halogens is 1. The van der Waals surface area contributed by atoms with Gasteiger partial charge in [0.15, 0.2) is 0 Å². The molecule has 10 heteroatoms. The third-order valence-electron chi connectivity index (χ3n) is 7.41. The van der Waals surface area contributed by atoms with Crippen molar-refractivity contribution in [1.82, 2.24) is 20.2 Å². The molecule has 36 heavy (non-hydrogen) atoms. The Kier molecular flexibility index (Phi) is 7.41. The number of aliphatic hydroxyl groups is 1. The van der Waals surface area contributed by atoms with E-state index in [4.69, 9.17) is 16.3 Å². The molecule has 0 radical (unpaired) electrons. The zero-order valence-corrected chi connectivity index (χ0v) is 21.0. The molecule has 3 N–H and O–H groups in total. The van der Waals surface area contributed by atoms with Gasteiger partial charge < -0.3 is 25.4 Å². The smallest absolute Gasteiger partial charge is 0.254 e. The molecule has 3 aliphatic rings. The van der Waals surface area contributed by atoms with Crippen molar-refractivity contribution in [3.8, 4) is 11.3 Å². The number of benzene rings is 1. The van der Waals surface area contributed by atoms with Crippen LogP contribution in [0.5, 0.6) is 0 Å². The predicted molar refractivity (Wildman–Crippen MR) is 136 cm³/mol. The maximum Gasteiger partial charge on any atom is 0.254 e. The highest BCUT2D eigenvalue weighted by Gasteiger charge is 2.35. The van der Waals surface area contributed by atoms with Crippen LogP contribution in [0.15, 0.2) is 24.4 Å². The van der Waals surface area contributed by atoms with Crippen LogP contribution in [-0.2, 0) is 16.1 Å². The van der Waals surface area contributed by atoms with Crippen molar-refractivity contribution in [1.29, 1.82) is 0 Å². The van der Waals surface area contributed by atoms with E-state index in [2.05, 4.69) is 20.6 Å². The molecule has 3 heterocycles. The number of carbonyl (C=O) groups is 2. The van der Waals surface area contributed by atoms with Crippen LogP contribution in [0.1, 0.15) is 60.9 Å². The first-order chi connectivity index (χ1) is 17.5. The van der Waals surface area contributed by atoms with Gasteiger partial charge >= 0.3 is 0 Å². The minimum absolute atomic E-state index is 0.0436. The summed E-state index contributed by atoms with van der Waals surface area (Å²) < 4.78 is 5.41. The third kappa shape index (κ3) is 5.33. The maximum absolute atomic E-state index is 13.2. The molecule has 0 unspecified atom stereocenters. The zero-order valence-electron chi connectivity index (χ0n) is 20.3. The zero-order chi connectivity index (χ0) is 25.1. The Morgan fingerprint density at radius 2 is 2.00 bits per heavy atom. The molecule has 0 bridgehead atoms. The summed E-state index contributed by atoms with van der Waals surface area (Å²) in [5.74, 6) is 0.0522. The number of rotatable bonds is 7. The number of carbonyl (C=O) groups excluding carboxylic acids is 2. The summed E-state index contributed by atoms with van der Waals surface area (Å²) in [6.07, 6.45) is 7.94. The van der Waals surface area contributed by atoms with Gasteiger partial charge in [0.25, 0.3) is 5.91 Å². The number of aliphatic hydroxyl groups excluding tert-OH is 1. The molecule has 1 saturated heterocycles. The standard InChI is InChI=1S/C26H32ClN5O4/c27-21-13-28-25(29-19-6-10-36-11-7-19)30-23(21)17-4-5-18-14-32(24(35)20(18)12-17)15-22(34)31-26(16-33)8-2-1-3-9-26/h4-5,12-13,19,33H,1-3,6-11,14-16H2,(H,31,34)(H,28,29,30). The molecule has 1 aromatic heterocycles. The first kappa shape index (κ1) is 24.9. The molecular formula is C26H32ClN5O4. The van der Waals surface area contributed by atoms with E-state index in [1.165, 1.54) is 4.90 Å². The first-order valence-corrected chi connectivity index (χ1v) is 13.1. The van der Waals surface area contributed by atoms with Crippen molar-refractivity contribution in [3.05, 3.63) is 40.5 Å². The van der Waals surface area contributed by atoms with Crippen molar-refractivity contribution in [2.45, 2.75) is 63.1 Å². The molecule has 0 atom stereocenters. The van der Waals surface area contributed by atoms with E-state index in [0.29, 0.717) is 42.0 Å². The van der Waals surface area contributed by atoms with Crippen LogP contribution in [0.25, 0.3) is 11.3 Å². The largest absolute Gasteiger partial charge is 0.394 e. The Balaban J connectivity index is 1.28. The fourth-order valence-corrected chi connectivity index (χ4v) is 5.56. The number of nitrogens with one attached hydrogen (secondary N) is 2. The van der Waals surface area contributed by atoms with Crippen LogP contribution >= 0.6 is 11.6 Å². The minimum atomic E-state index is -0.571. The topological polar surface area (TPSA) is 117 Å². The molecule has 2 fully saturated rings. The Labute approximate surface area is 215 Å². The number of nitrogens with zero attached hydrogens (tertiary/aromatic N) is 3. The van der Waals surface area contributed by atoms with Gasteiger partial charge in [-0.1, -0.05) is 43.0 Å². The predicted octanol–water partition coefficient (Wildman–Crippen LogP) is 3.16. The number of hydrogen-bond donors (Lipinski definition) is 3. The van der Waals surface area contributed by atoms with Gasteiger partial charge in [0.1, 0.15) is 6.54 Å². The molecular weight excluding hydrogens is 482 g/mol. The average molecular weight is 514 g/mol. The molecule has 1 aliphatic carbocycles. The monoisotopic (exact) mass is 513 g/mol. The number of amides is 2. The summed E-state index contributed by atoms with van der Waals surface area (Å²) >= 11 is 6.44.